The van der Waals surface area contributed by atoms with E-state index in [4.69, 9.17) is 27.9 Å². The molecule has 2 atom stereocenters. The van der Waals surface area contributed by atoms with Gasteiger partial charge in [-0.05, 0) is 42.3 Å². The van der Waals surface area contributed by atoms with Gasteiger partial charge in [0, 0.05) is 18.0 Å². The summed E-state index contributed by atoms with van der Waals surface area (Å²) in [6, 6.07) is 10.9. The molecule has 2 aromatic rings. The lowest BCUT2D eigenvalue weighted by Crippen LogP contribution is -2.34. The molecule has 154 valence electrons. The Hall–Kier alpha value is -2.19. The summed E-state index contributed by atoms with van der Waals surface area (Å²) in [5.41, 5.74) is 1.26. The number of nitrogens with one attached hydrogen (secondary N) is 3. The summed E-state index contributed by atoms with van der Waals surface area (Å²) in [5, 5.41) is 9.13. The van der Waals surface area contributed by atoms with E-state index in [-0.39, 0.29) is 37.0 Å². The Morgan fingerprint density at radius 1 is 1.14 bits per heavy atom. The molecule has 0 radical (unpaired) electrons. The lowest BCUT2D eigenvalue weighted by molar-refractivity contribution is -0.124. The Balaban J connectivity index is 1.37. The fraction of sp³-hybridized carbons (Fsp3) is 0.300. The number of carbonyl (C=O) groups is 2. The van der Waals surface area contributed by atoms with Gasteiger partial charge in [-0.15, -0.1) is 0 Å². The second-order valence-electron chi connectivity index (χ2n) is 6.56. The van der Waals surface area contributed by atoms with Crippen molar-refractivity contribution in [3.8, 4) is 0 Å². The van der Waals surface area contributed by atoms with E-state index in [0.717, 1.165) is 5.56 Å². The first-order valence-corrected chi connectivity index (χ1v) is 9.82. The van der Waals surface area contributed by atoms with Crippen LogP contribution >= 0.6 is 23.2 Å². The normalized spacial score (nSPS) is 18.4. The van der Waals surface area contributed by atoms with Gasteiger partial charge in [-0.25, -0.2) is 4.39 Å². The lowest BCUT2D eigenvalue weighted by Gasteiger charge is -2.13. The Kier molecular flexibility index (Phi) is 7.44. The molecule has 0 aliphatic carbocycles. The van der Waals surface area contributed by atoms with Gasteiger partial charge in [0.05, 0.1) is 23.4 Å². The van der Waals surface area contributed by atoms with Crippen LogP contribution in [0.2, 0.25) is 10.0 Å². The van der Waals surface area contributed by atoms with Crippen LogP contribution in [0.3, 0.4) is 0 Å². The quantitative estimate of drug-likeness (QED) is 0.614. The van der Waals surface area contributed by atoms with E-state index in [1.807, 2.05) is 0 Å². The number of ether oxygens (including phenoxy) is 1. The molecule has 0 saturated carbocycles. The van der Waals surface area contributed by atoms with Crippen LogP contribution in [-0.2, 0) is 14.3 Å². The van der Waals surface area contributed by atoms with Gasteiger partial charge in [0.25, 0.3) is 0 Å². The molecular weight excluding hydrogens is 420 g/mol. The second-order valence-corrected chi connectivity index (χ2v) is 7.40. The molecule has 2 aromatic carbocycles. The fourth-order valence-corrected chi connectivity index (χ4v) is 3.23. The monoisotopic (exact) mass is 439 g/mol. The highest BCUT2D eigenvalue weighted by Gasteiger charge is 2.26. The number of hydrogen-bond acceptors (Lipinski definition) is 4. The summed E-state index contributed by atoms with van der Waals surface area (Å²) in [6.07, 6.45) is 0.177. The van der Waals surface area contributed by atoms with Crippen molar-refractivity contribution in [3.63, 3.8) is 0 Å². The van der Waals surface area contributed by atoms with Gasteiger partial charge in [0.2, 0.25) is 11.8 Å². The molecule has 0 bridgehead atoms. The molecule has 3 rings (SSSR count). The topological polar surface area (TPSA) is 79.5 Å². The molecular formula is C20H20Cl2FN3O3. The molecule has 1 aliphatic heterocycles. The molecule has 0 spiro atoms. The fourth-order valence-electron chi connectivity index (χ4n) is 2.89. The predicted octanol–water partition coefficient (Wildman–Crippen LogP) is 3.65. The van der Waals surface area contributed by atoms with Crippen LogP contribution in [0.5, 0.6) is 0 Å². The molecule has 1 heterocycles. The molecule has 1 saturated heterocycles. The van der Waals surface area contributed by atoms with Crippen LogP contribution in [0.1, 0.15) is 24.5 Å². The first-order valence-electron chi connectivity index (χ1n) is 9.06. The van der Waals surface area contributed by atoms with Crippen molar-refractivity contribution < 1.29 is 18.7 Å². The molecule has 1 fully saturated rings. The zero-order valence-corrected chi connectivity index (χ0v) is 16.9. The number of amides is 2. The molecule has 6 nitrogen and oxygen atoms in total. The van der Waals surface area contributed by atoms with Crippen LogP contribution in [-0.4, -0.2) is 31.1 Å². The summed E-state index contributed by atoms with van der Waals surface area (Å²) in [6.45, 7) is 0.402. The largest absolute Gasteiger partial charge is 0.354 e. The van der Waals surface area contributed by atoms with Crippen molar-refractivity contribution in [2.24, 2.45) is 0 Å². The maximum atomic E-state index is 13.0. The molecule has 2 unspecified atom stereocenters. The summed E-state index contributed by atoms with van der Waals surface area (Å²) >= 11 is 11.9. The Morgan fingerprint density at radius 2 is 1.90 bits per heavy atom. The van der Waals surface area contributed by atoms with E-state index in [0.29, 0.717) is 28.7 Å². The van der Waals surface area contributed by atoms with Gasteiger partial charge in [-0.1, -0.05) is 35.3 Å². The first kappa shape index (κ1) is 21.5. The van der Waals surface area contributed by atoms with Crippen molar-refractivity contribution in [1.82, 2.24) is 10.6 Å². The van der Waals surface area contributed by atoms with Crippen LogP contribution in [0.4, 0.5) is 10.1 Å². The minimum Gasteiger partial charge on any atom is -0.354 e. The SMILES string of the molecule is O=C(CCC1NCC(c2ccc(F)cc2)O1)NCC(=O)Nc1cc(Cl)ccc1Cl. The summed E-state index contributed by atoms with van der Waals surface area (Å²) in [4.78, 5) is 24.0. The number of carbonyl (C=O) groups excluding carboxylic acids is 2. The van der Waals surface area contributed by atoms with Crippen molar-refractivity contribution in [2.75, 3.05) is 18.4 Å². The zero-order valence-electron chi connectivity index (χ0n) is 15.4. The molecule has 9 heteroatoms. The third-order valence-electron chi connectivity index (χ3n) is 4.38. The third-order valence-corrected chi connectivity index (χ3v) is 4.95. The number of benzene rings is 2. The maximum Gasteiger partial charge on any atom is 0.243 e. The van der Waals surface area contributed by atoms with E-state index in [9.17, 15) is 14.0 Å². The van der Waals surface area contributed by atoms with Gasteiger partial charge >= 0.3 is 0 Å². The summed E-state index contributed by atoms with van der Waals surface area (Å²) in [7, 11) is 0. The minimum absolute atomic E-state index is 0.182. The van der Waals surface area contributed by atoms with Crippen LogP contribution in [0.25, 0.3) is 0 Å². The van der Waals surface area contributed by atoms with Gasteiger partial charge in [0.15, 0.2) is 0 Å². The maximum absolute atomic E-state index is 13.0. The van der Waals surface area contributed by atoms with Gasteiger partial charge in [-0.2, -0.15) is 0 Å². The number of anilines is 1. The van der Waals surface area contributed by atoms with Crippen LogP contribution in [0.15, 0.2) is 42.5 Å². The summed E-state index contributed by atoms with van der Waals surface area (Å²) < 4.78 is 18.9. The smallest absolute Gasteiger partial charge is 0.243 e. The van der Waals surface area contributed by atoms with E-state index < -0.39 is 5.91 Å². The summed E-state index contributed by atoms with van der Waals surface area (Å²) in [5.74, 6) is -0.975. The number of halogens is 3. The van der Waals surface area contributed by atoms with E-state index in [1.54, 1.807) is 24.3 Å². The van der Waals surface area contributed by atoms with Crippen molar-refractivity contribution in [3.05, 3.63) is 63.9 Å². The van der Waals surface area contributed by atoms with E-state index in [2.05, 4.69) is 16.0 Å². The Bertz CT molecular complexity index is 880. The Labute approximate surface area is 177 Å². The number of hydrogen-bond donors (Lipinski definition) is 3. The van der Waals surface area contributed by atoms with Crippen LogP contribution in [0, 0.1) is 5.82 Å². The first-order chi connectivity index (χ1) is 13.9. The second kappa shape index (κ2) is 10.0. The van der Waals surface area contributed by atoms with Gasteiger partial charge < -0.3 is 15.4 Å². The van der Waals surface area contributed by atoms with Crippen molar-refractivity contribution in [2.45, 2.75) is 25.2 Å². The zero-order chi connectivity index (χ0) is 20.8. The molecule has 29 heavy (non-hydrogen) atoms. The van der Waals surface area contributed by atoms with Crippen molar-refractivity contribution >= 4 is 40.7 Å². The highest BCUT2D eigenvalue weighted by molar-refractivity contribution is 6.35. The molecule has 1 aliphatic rings. The van der Waals surface area contributed by atoms with Gasteiger partial charge in [0.1, 0.15) is 12.0 Å². The average Bonchev–Trinajstić information content (AvgIpc) is 3.17. The van der Waals surface area contributed by atoms with E-state index in [1.165, 1.54) is 18.2 Å². The van der Waals surface area contributed by atoms with E-state index >= 15 is 0 Å². The predicted molar refractivity (Wildman–Crippen MR) is 109 cm³/mol. The lowest BCUT2D eigenvalue weighted by atomic mass is 10.1. The highest BCUT2D eigenvalue weighted by atomic mass is 35.5. The van der Waals surface area contributed by atoms with Crippen molar-refractivity contribution in [1.29, 1.82) is 0 Å². The average molecular weight is 440 g/mol. The van der Waals surface area contributed by atoms with Crippen LogP contribution < -0.4 is 16.0 Å². The standard InChI is InChI=1S/C20H20Cl2FN3O3/c21-13-3-6-15(22)16(9-13)26-19(28)11-24-18(27)7-8-20-25-10-17(29-20)12-1-4-14(23)5-2-12/h1-6,9,17,20,25H,7-8,10-11H2,(H,24,27)(H,26,28). The Morgan fingerprint density at radius 3 is 2.66 bits per heavy atom. The van der Waals surface area contributed by atoms with Gasteiger partial charge in [-0.3, -0.25) is 14.9 Å². The molecule has 0 aromatic heterocycles. The highest BCUT2D eigenvalue weighted by Crippen LogP contribution is 2.26. The molecule has 3 N–H and O–H groups in total. The third kappa shape index (κ3) is 6.40. The minimum atomic E-state index is -0.408. The number of rotatable bonds is 7. The molecule has 2 amide bonds.